The number of aromatic nitrogens is 1. The summed E-state index contributed by atoms with van der Waals surface area (Å²) in [7, 11) is 0. The average Bonchev–Trinajstić information content (AvgIpc) is 2.78. The van der Waals surface area contributed by atoms with Gasteiger partial charge in [-0.2, -0.15) is 5.26 Å². The molecule has 1 aliphatic rings. The molecule has 0 atom stereocenters. The molecule has 1 fully saturated rings. The van der Waals surface area contributed by atoms with E-state index in [-0.39, 0.29) is 17.4 Å². The zero-order chi connectivity index (χ0) is 22.5. The van der Waals surface area contributed by atoms with Gasteiger partial charge in [-0.1, -0.05) is 19.1 Å². The third-order valence-electron chi connectivity index (χ3n) is 6.04. The van der Waals surface area contributed by atoms with Gasteiger partial charge in [0.05, 0.1) is 0 Å². The topological polar surface area (TPSA) is 97.3 Å². The summed E-state index contributed by atoms with van der Waals surface area (Å²) in [6, 6.07) is 9.62. The Morgan fingerprint density at radius 3 is 2.26 bits per heavy atom. The van der Waals surface area contributed by atoms with Crippen LogP contribution in [0.25, 0.3) is 0 Å². The first-order valence-electron chi connectivity index (χ1n) is 10.6. The fraction of sp³-hybridized carbons (Fsp3) is 0.417. The molecular weight excluding hydrogens is 392 g/mol. The number of hydrogen-bond donors (Lipinski definition) is 1. The van der Waals surface area contributed by atoms with E-state index in [2.05, 4.69) is 11.9 Å². The van der Waals surface area contributed by atoms with Gasteiger partial charge >= 0.3 is 0 Å². The minimum Gasteiger partial charge on any atom is -0.339 e. The number of carbonyl (C=O) groups excluding carboxylic acids is 2. The van der Waals surface area contributed by atoms with Crippen molar-refractivity contribution in [3.8, 4) is 6.07 Å². The summed E-state index contributed by atoms with van der Waals surface area (Å²) in [6.07, 6.45) is 1.70. The number of carbonyl (C=O) groups is 2. The highest BCUT2D eigenvalue weighted by molar-refractivity contribution is 5.94. The molecule has 1 saturated heterocycles. The molecule has 1 N–H and O–H groups in total. The van der Waals surface area contributed by atoms with Crippen LogP contribution in [0.5, 0.6) is 0 Å². The maximum absolute atomic E-state index is 12.7. The zero-order valence-electron chi connectivity index (χ0n) is 18.3. The Morgan fingerprint density at radius 1 is 1.06 bits per heavy atom. The van der Waals surface area contributed by atoms with Gasteiger partial charge in [0.25, 0.3) is 11.5 Å². The van der Waals surface area contributed by atoms with Crippen molar-refractivity contribution in [3.63, 3.8) is 0 Å². The van der Waals surface area contributed by atoms with Crippen LogP contribution >= 0.6 is 0 Å². The van der Waals surface area contributed by atoms with Gasteiger partial charge in [0.15, 0.2) is 0 Å². The Morgan fingerprint density at radius 2 is 1.68 bits per heavy atom. The highest BCUT2D eigenvalue weighted by Crippen LogP contribution is 2.17. The summed E-state index contributed by atoms with van der Waals surface area (Å²) < 4.78 is 0. The Kier molecular flexibility index (Phi) is 6.91. The molecule has 0 unspecified atom stereocenters. The minimum absolute atomic E-state index is 0.00160. The molecule has 2 heterocycles. The predicted molar refractivity (Wildman–Crippen MR) is 118 cm³/mol. The van der Waals surface area contributed by atoms with Gasteiger partial charge in [0.1, 0.15) is 11.6 Å². The number of aryl methyl sites for hydroxylation is 2. The largest absolute Gasteiger partial charge is 0.339 e. The molecular formula is C24H28N4O3. The van der Waals surface area contributed by atoms with E-state index in [1.54, 1.807) is 23.6 Å². The lowest BCUT2D eigenvalue weighted by Gasteiger charge is -2.35. The van der Waals surface area contributed by atoms with Crippen LogP contribution in [0.4, 0.5) is 0 Å². The number of nitriles is 1. The minimum atomic E-state index is -0.391. The van der Waals surface area contributed by atoms with Crippen LogP contribution in [0.3, 0.4) is 0 Å². The first-order valence-corrected chi connectivity index (χ1v) is 10.6. The smallest absolute Gasteiger partial charge is 0.266 e. The van der Waals surface area contributed by atoms with E-state index < -0.39 is 5.56 Å². The van der Waals surface area contributed by atoms with Crippen LogP contribution in [0.1, 0.15) is 51.7 Å². The zero-order valence-corrected chi connectivity index (χ0v) is 18.3. The van der Waals surface area contributed by atoms with E-state index in [0.29, 0.717) is 55.8 Å². The normalized spacial score (nSPS) is 13.7. The molecule has 7 heteroatoms. The molecule has 0 saturated carbocycles. The van der Waals surface area contributed by atoms with Crippen molar-refractivity contribution in [2.24, 2.45) is 0 Å². The second-order valence-corrected chi connectivity index (χ2v) is 7.89. The van der Waals surface area contributed by atoms with Crippen molar-refractivity contribution < 1.29 is 9.59 Å². The molecule has 2 amide bonds. The van der Waals surface area contributed by atoms with Crippen LogP contribution in [0.2, 0.25) is 0 Å². The molecule has 31 heavy (non-hydrogen) atoms. The highest BCUT2D eigenvalue weighted by atomic mass is 16.2. The van der Waals surface area contributed by atoms with E-state index in [0.717, 1.165) is 12.0 Å². The molecule has 0 aliphatic carbocycles. The molecule has 3 rings (SSSR count). The lowest BCUT2D eigenvalue weighted by atomic mass is 9.99. The van der Waals surface area contributed by atoms with Gasteiger partial charge in [0, 0.05) is 43.9 Å². The molecule has 2 aromatic rings. The summed E-state index contributed by atoms with van der Waals surface area (Å²) in [5, 5.41) is 9.20. The first-order chi connectivity index (χ1) is 14.8. The number of piperazine rings is 1. The summed E-state index contributed by atoms with van der Waals surface area (Å²) in [5.41, 5.74) is 3.76. The number of nitrogens with one attached hydrogen (secondary N) is 1. The van der Waals surface area contributed by atoms with Gasteiger partial charge in [-0.25, -0.2) is 0 Å². The number of nitrogens with zero attached hydrogens (tertiary/aromatic N) is 3. The number of hydrogen-bond acceptors (Lipinski definition) is 4. The number of rotatable bonds is 5. The van der Waals surface area contributed by atoms with Gasteiger partial charge < -0.3 is 14.8 Å². The van der Waals surface area contributed by atoms with E-state index in [9.17, 15) is 19.6 Å². The third-order valence-corrected chi connectivity index (χ3v) is 6.04. The molecule has 1 aromatic carbocycles. The third kappa shape index (κ3) is 4.85. The van der Waals surface area contributed by atoms with Crippen molar-refractivity contribution in [1.29, 1.82) is 5.26 Å². The lowest BCUT2D eigenvalue weighted by molar-refractivity contribution is -0.132. The van der Waals surface area contributed by atoms with Crippen LogP contribution in [0, 0.1) is 25.2 Å². The number of benzene rings is 1. The lowest BCUT2D eigenvalue weighted by Crippen LogP contribution is -2.50. The summed E-state index contributed by atoms with van der Waals surface area (Å²) in [4.78, 5) is 43.6. The van der Waals surface area contributed by atoms with Crippen molar-refractivity contribution >= 4 is 11.8 Å². The van der Waals surface area contributed by atoms with Gasteiger partial charge in [0.2, 0.25) is 5.91 Å². The maximum Gasteiger partial charge on any atom is 0.266 e. The number of amides is 2. The molecule has 0 radical (unpaired) electrons. The SMILES string of the molecule is CCc1ccc(C(=O)N2CCN(C(=O)CCc3c(C)[nH]c(=O)c(C#N)c3C)CC2)cc1. The molecule has 7 nitrogen and oxygen atoms in total. The number of H-pyrrole nitrogens is 1. The van der Waals surface area contributed by atoms with Gasteiger partial charge in [-0.15, -0.1) is 0 Å². The van der Waals surface area contributed by atoms with E-state index in [1.165, 1.54) is 5.56 Å². The molecule has 1 aliphatic heterocycles. The average molecular weight is 421 g/mol. The van der Waals surface area contributed by atoms with Crippen LogP contribution in [-0.4, -0.2) is 52.8 Å². The van der Waals surface area contributed by atoms with Crippen molar-refractivity contribution in [2.75, 3.05) is 26.2 Å². The Hall–Kier alpha value is -3.40. The highest BCUT2D eigenvalue weighted by Gasteiger charge is 2.25. The summed E-state index contributed by atoms with van der Waals surface area (Å²) >= 11 is 0. The predicted octanol–water partition coefficient (Wildman–Crippen LogP) is 2.34. The van der Waals surface area contributed by atoms with E-state index in [4.69, 9.17) is 0 Å². The molecule has 162 valence electrons. The van der Waals surface area contributed by atoms with Crippen molar-refractivity contribution in [1.82, 2.24) is 14.8 Å². The van der Waals surface area contributed by atoms with E-state index >= 15 is 0 Å². The number of aromatic amines is 1. The standard InChI is InChI=1S/C24H28N4O3/c1-4-18-5-7-19(8-6-18)24(31)28-13-11-27(12-14-28)22(29)10-9-20-16(2)21(15-25)23(30)26-17(20)3/h5-8H,4,9-14H2,1-3H3,(H,26,30). The second-order valence-electron chi connectivity index (χ2n) is 7.89. The Bertz CT molecular complexity index is 1070. The van der Waals surface area contributed by atoms with Crippen LogP contribution in [-0.2, 0) is 17.6 Å². The molecule has 1 aromatic heterocycles. The first kappa shape index (κ1) is 22.3. The molecule has 0 spiro atoms. The van der Waals surface area contributed by atoms with Gasteiger partial charge in [-0.05, 0) is 55.5 Å². The number of pyridine rings is 1. The fourth-order valence-corrected chi connectivity index (χ4v) is 4.03. The van der Waals surface area contributed by atoms with Crippen molar-refractivity contribution in [2.45, 2.75) is 40.0 Å². The Balaban J connectivity index is 1.57. The van der Waals surface area contributed by atoms with Crippen LogP contribution < -0.4 is 5.56 Å². The second kappa shape index (κ2) is 9.61. The summed E-state index contributed by atoms with van der Waals surface area (Å²) in [5.74, 6) is 0.0150. The quantitative estimate of drug-likeness (QED) is 0.803. The van der Waals surface area contributed by atoms with Crippen molar-refractivity contribution in [3.05, 3.63) is 68.1 Å². The monoisotopic (exact) mass is 420 g/mol. The van der Waals surface area contributed by atoms with Crippen LogP contribution in [0.15, 0.2) is 29.1 Å². The Labute approximate surface area is 182 Å². The van der Waals surface area contributed by atoms with Gasteiger partial charge in [-0.3, -0.25) is 14.4 Å². The fourth-order valence-electron chi connectivity index (χ4n) is 4.03. The van der Waals surface area contributed by atoms with E-state index in [1.807, 2.05) is 30.3 Å². The molecule has 0 bridgehead atoms. The summed E-state index contributed by atoms with van der Waals surface area (Å²) in [6.45, 7) is 7.64. The maximum atomic E-state index is 12.7.